The van der Waals surface area contributed by atoms with Crippen molar-refractivity contribution in [3.05, 3.63) is 59.7 Å². The fraction of sp³-hybridized carbons (Fsp3) is 0.684. The molecule has 0 unspecified atom stereocenters. The van der Waals surface area contributed by atoms with Crippen molar-refractivity contribution in [2.75, 3.05) is 26.4 Å². The van der Waals surface area contributed by atoms with E-state index in [1.165, 1.54) is 88.2 Å². The summed E-state index contributed by atoms with van der Waals surface area (Å²) in [4.78, 5) is 0. The highest BCUT2D eigenvalue weighted by molar-refractivity contribution is 5.31. The molecule has 0 spiro atoms. The standard InChI is InChI=1S/C20H34O2.C18H30O/c1-5-6-7-8-9-10-15-21-16-17-22-19-13-11-18(12-14-19)20(2,3)4;1-5-6-7-8-9-10-15-19-17-13-11-16(12-14-17)18(2,3)4/h11-14H,5-10,15-17H2,1-4H3;11-14H,5-10,15H2,1-4H3. The van der Waals surface area contributed by atoms with Crippen LogP contribution in [-0.4, -0.2) is 26.4 Å². The highest BCUT2D eigenvalue weighted by Gasteiger charge is 2.13. The van der Waals surface area contributed by atoms with Crippen molar-refractivity contribution < 1.29 is 14.2 Å². The van der Waals surface area contributed by atoms with Crippen molar-refractivity contribution in [3.8, 4) is 11.5 Å². The SMILES string of the molecule is CCCCCCCCOCCOc1ccc(C(C)(C)C)cc1.CCCCCCCCOc1ccc(C(C)(C)C)cc1. The van der Waals surface area contributed by atoms with Crippen LogP contribution < -0.4 is 9.47 Å². The van der Waals surface area contributed by atoms with Gasteiger partial charge in [-0.1, -0.05) is 144 Å². The van der Waals surface area contributed by atoms with E-state index in [1.807, 2.05) is 12.1 Å². The van der Waals surface area contributed by atoms with E-state index in [0.29, 0.717) is 13.2 Å². The second-order valence-corrected chi connectivity index (χ2v) is 13.4. The van der Waals surface area contributed by atoms with Crippen LogP contribution in [0, 0.1) is 0 Å². The molecule has 234 valence electrons. The number of unbranched alkanes of at least 4 members (excludes halogenated alkanes) is 10. The maximum Gasteiger partial charge on any atom is 0.119 e. The molecule has 0 heterocycles. The lowest BCUT2D eigenvalue weighted by molar-refractivity contribution is 0.0970. The van der Waals surface area contributed by atoms with E-state index in [0.717, 1.165) is 24.7 Å². The maximum absolute atomic E-state index is 5.78. The number of ether oxygens (including phenoxy) is 3. The first-order valence-corrected chi connectivity index (χ1v) is 16.6. The van der Waals surface area contributed by atoms with E-state index in [1.54, 1.807) is 0 Å². The normalized spacial score (nSPS) is 11.6. The zero-order chi connectivity index (χ0) is 30.4. The third-order valence-electron chi connectivity index (χ3n) is 7.35. The van der Waals surface area contributed by atoms with Gasteiger partial charge in [-0.05, 0) is 59.1 Å². The lowest BCUT2D eigenvalue weighted by Crippen LogP contribution is -2.11. The summed E-state index contributed by atoms with van der Waals surface area (Å²) < 4.78 is 17.1. The van der Waals surface area contributed by atoms with Crippen LogP contribution >= 0.6 is 0 Å². The molecular formula is C38H64O3. The van der Waals surface area contributed by atoms with Crippen molar-refractivity contribution in [2.24, 2.45) is 0 Å². The third-order valence-corrected chi connectivity index (χ3v) is 7.35. The van der Waals surface area contributed by atoms with Crippen LogP contribution in [0.2, 0.25) is 0 Å². The van der Waals surface area contributed by atoms with Gasteiger partial charge in [-0.25, -0.2) is 0 Å². The Bertz CT molecular complexity index is 856. The lowest BCUT2D eigenvalue weighted by Gasteiger charge is -2.19. The Hall–Kier alpha value is -2.00. The number of benzene rings is 2. The fourth-order valence-corrected chi connectivity index (χ4v) is 4.48. The molecule has 2 aromatic carbocycles. The average Bonchev–Trinajstić information content (AvgIpc) is 2.93. The molecule has 0 saturated heterocycles. The first-order chi connectivity index (χ1) is 19.6. The molecule has 0 N–H and O–H groups in total. The Morgan fingerprint density at radius 3 is 1.20 bits per heavy atom. The molecule has 0 radical (unpaired) electrons. The molecule has 0 aliphatic carbocycles. The molecule has 0 amide bonds. The minimum atomic E-state index is 0.193. The smallest absolute Gasteiger partial charge is 0.119 e. The zero-order valence-corrected chi connectivity index (χ0v) is 28.2. The molecule has 0 saturated carbocycles. The maximum atomic E-state index is 5.78. The van der Waals surface area contributed by atoms with Crippen molar-refractivity contribution in [1.82, 2.24) is 0 Å². The van der Waals surface area contributed by atoms with Gasteiger partial charge >= 0.3 is 0 Å². The monoisotopic (exact) mass is 568 g/mol. The van der Waals surface area contributed by atoms with Crippen LogP contribution in [0.4, 0.5) is 0 Å². The second-order valence-electron chi connectivity index (χ2n) is 13.4. The van der Waals surface area contributed by atoms with Crippen LogP contribution in [0.3, 0.4) is 0 Å². The Kier molecular flexibility index (Phi) is 19.6. The topological polar surface area (TPSA) is 27.7 Å². The van der Waals surface area contributed by atoms with Crippen LogP contribution in [-0.2, 0) is 15.6 Å². The Morgan fingerprint density at radius 2 is 0.780 bits per heavy atom. The van der Waals surface area contributed by atoms with E-state index in [9.17, 15) is 0 Å². The van der Waals surface area contributed by atoms with Gasteiger partial charge in [0.2, 0.25) is 0 Å². The minimum absolute atomic E-state index is 0.193. The molecule has 2 aromatic rings. The largest absolute Gasteiger partial charge is 0.494 e. The first-order valence-electron chi connectivity index (χ1n) is 16.6. The van der Waals surface area contributed by atoms with Gasteiger partial charge in [0.25, 0.3) is 0 Å². The first kappa shape index (κ1) is 37.0. The number of hydrogen-bond acceptors (Lipinski definition) is 3. The van der Waals surface area contributed by atoms with Gasteiger partial charge in [0, 0.05) is 6.61 Å². The van der Waals surface area contributed by atoms with Gasteiger partial charge < -0.3 is 14.2 Å². The third kappa shape index (κ3) is 18.9. The molecule has 0 aliphatic rings. The highest BCUT2D eigenvalue weighted by Crippen LogP contribution is 2.25. The predicted molar refractivity (Wildman–Crippen MR) is 179 cm³/mol. The molecule has 0 bridgehead atoms. The van der Waals surface area contributed by atoms with Crippen molar-refractivity contribution in [2.45, 2.75) is 143 Å². The number of hydrogen-bond donors (Lipinski definition) is 0. The molecule has 3 nitrogen and oxygen atoms in total. The van der Waals surface area contributed by atoms with Crippen LogP contribution in [0.1, 0.15) is 144 Å². The van der Waals surface area contributed by atoms with Gasteiger partial charge in [0.05, 0.1) is 13.2 Å². The summed E-state index contributed by atoms with van der Waals surface area (Å²) in [7, 11) is 0. The summed E-state index contributed by atoms with van der Waals surface area (Å²) in [5.41, 5.74) is 3.11. The molecule has 0 aromatic heterocycles. The Labute approximate surface area is 254 Å². The van der Waals surface area contributed by atoms with Gasteiger partial charge in [0.15, 0.2) is 0 Å². The molecular weight excluding hydrogens is 504 g/mol. The van der Waals surface area contributed by atoms with Gasteiger partial charge in [-0.15, -0.1) is 0 Å². The summed E-state index contributed by atoms with van der Waals surface area (Å²) in [6.45, 7) is 20.9. The van der Waals surface area contributed by atoms with Gasteiger partial charge in [-0.3, -0.25) is 0 Å². The lowest BCUT2D eigenvalue weighted by atomic mass is 9.87. The quantitative estimate of drug-likeness (QED) is 0.158. The van der Waals surface area contributed by atoms with E-state index in [-0.39, 0.29) is 10.8 Å². The highest BCUT2D eigenvalue weighted by atomic mass is 16.5. The number of rotatable bonds is 19. The molecule has 41 heavy (non-hydrogen) atoms. The van der Waals surface area contributed by atoms with Gasteiger partial charge in [-0.2, -0.15) is 0 Å². The minimum Gasteiger partial charge on any atom is -0.494 e. The average molecular weight is 569 g/mol. The molecule has 3 heteroatoms. The fourth-order valence-electron chi connectivity index (χ4n) is 4.48. The summed E-state index contributed by atoms with van der Waals surface area (Å²) in [5, 5.41) is 0. The van der Waals surface area contributed by atoms with Crippen molar-refractivity contribution in [3.63, 3.8) is 0 Å². The van der Waals surface area contributed by atoms with Crippen LogP contribution in [0.25, 0.3) is 0 Å². The molecule has 0 atom stereocenters. The van der Waals surface area contributed by atoms with Crippen molar-refractivity contribution >= 4 is 0 Å². The zero-order valence-electron chi connectivity index (χ0n) is 28.2. The van der Waals surface area contributed by atoms with Crippen LogP contribution in [0.5, 0.6) is 11.5 Å². The van der Waals surface area contributed by atoms with E-state index in [4.69, 9.17) is 14.2 Å². The molecule has 0 aliphatic heterocycles. The van der Waals surface area contributed by atoms with Crippen molar-refractivity contribution in [1.29, 1.82) is 0 Å². The second kappa shape index (κ2) is 21.7. The molecule has 0 fully saturated rings. The van der Waals surface area contributed by atoms with E-state index in [2.05, 4.69) is 91.8 Å². The summed E-state index contributed by atoms with van der Waals surface area (Å²) in [6, 6.07) is 16.9. The Balaban J connectivity index is 0.000000414. The molecule has 2 rings (SSSR count). The van der Waals surface area contributed by atoms with Gasteiger partial charge in [0.1, 0.15) is 18.1 Å². The summed E-state index contributed by atoms with van der Waals surface area (Å²) >= 11 is 0. The summed E-state index contributed by atoms with van der Waals surface area (Å²) in [6.07, 6.45) is 15.7. The van der Waals surface area contributed by atoms with E-state index < -0.39 is 0 Å². The predicted octanol–water partition coefficient (Wildman–Crippen LogP) is 11.5. The van der Waals surface area contributed by atoms with Crippen LogP contribution in [0.15, 0.2) is 48.5 Å². The summed E-state index contributed by atoms with van der Waals surface area (Å²) in [5.74, 6) is 1.93. The Morgan fingerprint density at radius 1 is 0.415 bits per heavy atom. The van der Waals surface area contributed by atoms with E-state index >= 15 is 0 Å².